The summed E-state index contributed by atoms with van der Waals surface area (Å²) in [5.41, 5.74) is 9.90. The summed E-state index contributed by atoms with van der Waals surface area (Å²) in [5, 5.41) is 0. The van der Waals surface area contributed by atoms with Crippen molar-refractivity contribution in [3.63, 3.8) is 0 Å². The van der Waals surface area contributed by atoms with Crippen LogP contribution in [-0.4, -0.2) is 18.3 Å². The summed E-state index contributed by atoms with van der Waals surface area (Å²) in [4.78, 5) is 0. The number of alkyl halides is 3. The Morgan fingerprint density at radius 3 is 1.33 bits per heavy atom. The van der Waals surface area contributed by atoms with Crippen LogP contribution in [0.4, 0.5) is 13.2 Å². The topological polar surface area (TPSA) is 52.0 Å². The molecule has 0 aliphatic heterocycles. The monoisotopic (exact) mass is 140 g/mol. The largest absolute Gasteiger partial charge is 0.394 e. The van der Waals surface area contributed by atoms with Crippen molar-refractivity contribution in [3.05, 3.63) is 0 Å². The van der Waals surface area contributed by atoms with Crippen LogP contribution >= 0.6 is 0 Å². The molecule has 1 aliphatic rings. The highest BCUT2D eigenvalue weighted by atomic mass is 19.4. The second kappa shape index (κ2) is 1.60. The fourth-order valence-electron chi connectivity index (χ4n) is 0.796. The van der Waals surface area contributed by atoms with Crippen LogP contribution in [-0.2, 0) is 0 Å². The van der Waals surface area contributed by atoms with Crippen LogP contribution < -0.4 is 11.5 Å². The highest BCUT2D eigenvalue weighted by molar-refractivity contribution is 5.08. The van der Waals surface area contributed by atoms with Gasteiger partial charge < -0.3 is 11.5 Å². The summed E-state index contributed by atoms with van der Waals surface area (Å²) in [7, 11) is 0. The Kier molecular flexibility index (Phi) is 1.22. The third-order valence-corrected chi connectivity index (χ3v) is 1.51. The maximum absolute atomic E-state index is 11.6. The van der Waals surface area contributed by atoms with E-state index < -0.39 is 24.2 Å². The normalized spacial score (nSPS) is 43.0. The highest BCUT2D eigenvalue weighted by Crippen LogP contribution is 2.42. The molecular formula is C4H7F3N2. The first-order valence-corrected chi connectivity index (χ1v) is 2.52. The van der Waals surface area contributed by atoms with E-state index in [0.717, 1.165) is 0 Å². The van der Waals surface area contributed by atoms with Gasteiger partial charge in [-0.2, -0.15) is 13.2 Å². The third-order valence-electron chi connectivity index (χ3n) is 1.51. The van der Waals surface area contributed by atoms with Gasteiger partial charge in [0.15, 0.2) is 0 Å². The van der Waals surface area contributed by atoms with E-state index in [0.29, 0.717) is 0 Å². The molecule has 1 saturated carbocycles. The predicted molar refractivity (Wildman–Crippen MR) is 25.5 cm³/mol. The van der Waals surface area contributed by atoms with E-state index in [-0.39, 0.29) is 0 Å². The Morgan fingerprint density at radius 2 is 1.33 bits per heavy atom. The lowest BCUT2D eigenvalue weighted by atomic mass is 10.4. The first kappa shape index (κ1) is 6.82. The minimum absolute atomic E-state index is 0.870. The maximum Gasteiger partial charge on any atom is 0.394 e. The van der Waals surface area contributed by atoms with Gasteiger partial charge in [0.2, 0.25) is 0 Å². The summed E-state index contributed by atoms with van der Waals surface area (Å²) >= 11 is 0. The van der Waals surface area contributed by atoms with Crippen LogP contribution in [0, 0.1) is 5.92 Å². The molecule has 9 heavy (non-hydrogen) atoms. The minimum atomic E-state index is -4.20. The zero-order chi connectivity index (χ0) is 7.23. The molecule has 0 amide bonds. The first-order chi connectivity index (χ1) is 3.94. The number of nitrogens with two attached hydrogens (primary N) is 2. The predicted octanol–water partition coefficient (Wildman–Crippen LogP) is -0.167. The summed E-state index contributed by atoms with van der Waals surface area (Å²) in [6.07, 6.45) is -4.20. The zero-order valence-corrected chi connectivity index (χ0v) is 4.52. The SMILES string of the molecule is NC1C(N)C1C(F)(F)F. The highest BCUT2D eigenvalue weighted by Gasteiger charge is 2.61. The summed E-state index contributed by atoms with van der Waals surface area (Å²) < 4.78 is 34.7. The van der Waals surface area contributed by atoms with Crippen molar-refractivity contribution >= 4 is 0 Å². The first-order valence-electron chi connectivity index (χ1n) is 2.52. The summed E-state index contributed by atoms with van der Waals surface area (Å²) in [6, 6.07) is -1.74. The van der Waals surface area contributed by atoms with Crippen LogP contribution in [0.15, 0.2) is 0 Å². The molecule has 0 radical (unpaired) electrons. The zero-order valence-electron chi connectivity index (χ0n) is 4.52. The molecule has 0 heterocycles. The molecular weight excluding hydrogens is 133 g/mol. The van der Waals surface area contributed by atoms with Gasteiger partial charge in [-0.3, -0.25) is 0 Å². The van der Waals surface area contributed by atoms with E-state index in [1.54, 1.807) is 0 Å². The lowest BCUT2D eigenvalue weighted by Gasteiger charge is -2.01. The van der Waals surface area contributed by atoms with Gasteiger partial charge in [0, 0.05) is 12.1 Å². The van der Waals surface area contributed by atoms with Gasteiger partial charge in [0.05, 0.1) is 5.92 Å². The van der Waals surface area contributed by atoms with E-state index in [1.165, 1.54) is 0 Å². The van der Waals surface area contributed by atoms with Crippen LogP contribution in [0.1, 0.15) is 0 Å². The van der Waals surface area contributed by atoms with Gasteiger partial charge in [-0.1, -0.05) is 0 Å². The van der Waals surface area contributed by atoms with Gasteiger partial charge in [-0.15, -0.1) is 0 Å². The van der Waals surface area contributed by atoms with Gasteiger partial charge in [-0.05, 0) is 0 Å². The van der Waals surface area contributed by atoms with E-state index >= 15 is 0 Å². The molecule has 5 heteroatoms. The Bertz CT molecular complexity index is 113. The smallest absolute Gasteiger partial charge is 0.326 e. The molecule has 0 aromatic heterocycles. The van der Waals surface area contributed by atoms with Crippen LogP contribution in [0.25, 0.3) is 0 Å². The average molecular weight is 140 g/mol. The standard InChI is InChI=1S/C4H7F3N2/c5-4(6,7)1-2(8)3(1)9/h1-3H,8-9H2. The average Bonchev–Trinajstić information content (AvgIpc) is 2.11. The molecule has 0 aromatic carbocycles. The van der Waals surface area contributed by atoms with Crippen molar-refractivity contribution < 1.29 is 13.2 Å². The molecule has 2 nitrogen and oxygen atoms in total. The van der Waals surface area contributed by atoms with Crippen molar-refractivity contribution in [2.24, 2.45) is 17.4 Å². The number of hydrogen-bond donors (Lipinski definition) is 2. The van der Waals surface area contributed by atoms with Gasteiger partial charge in [0.25, 0.3) is 0 Å². The fraction of sp³-hybridized carbons (Fsp3) is 1.00. The molecule has 54 valence electrons. The van der Waals surface area contributed by atoms with Crippen molar-refractivity contribution in [1.82, 2.24) is 0 Å². The summed E-state index contributed by atoms with van der Waals surface area (Å²) in [5.74, 6) is -1.46. The lowest BCUT2D eigenvalue weighted by Crippen LogP contribution is -2.17. The molecule has 0 spiro atoms. The van der Waals surface area contributed by atoms with Crippen molar-refractivity contribution in [2.45, 2.75) is 18.3 Å². The Balaban J connectivity index is 2.50. The minimum Gasteiger partial charge on any atom is -0.326 e. The molecule has 2 atom stereocenters. The van der Waals surface area contributed by atoms with Crippen LogP contribution in [0.2, 0.25) is 0 Å². The van der Waals surface area contributed by atoms with Crippen molar-refractivity contribution in [3.8, 4) is 0 Å². The molecule has 0 aromatic rings. The van der Waals surface area contributed by atoms with E-state index in [9.17, 15) is 13.2 Å². The number of halogens is 3. The van der Waals surface area contributed by atoms with Crippen molar-refractivity contribution in [2.75, 3.05) is 0 Å². The van der Waals surface area contributed by atoms with Gasteiger partial charge >= 0.3 is 6.18 Å². The van der Waals surface area contributed by atoms with E-state index in [1.807, 2.05) is 0 Å². The molecule has 4 N–H and O–H groups in total. The Labute approximate surface area is 50.0 Å². The second-order valence-corrected chi connectivity index (χ2v) is 2.22. The molecule has 0 saturated heterocycles. The number of hydrogen-bond acceptors (Lipinski definition) is 2. The summed E-state index contributed by atoms with van der Waals surface area (Å²) in [6.45, 7) is 0. The molecule has 1 fully saturated rings. The van der Waals surface area contributed by atoms with Crippen molar-refractivity contribution in [1.29, 1.82) is 0 Å². The second-order valence-electron chi connectivity index (χ2n) is 2.22. The van der Waals surface area contributed by atoms with Gasteiger partial charge in [0.1, 0.15) is 0 Å². The number of rotatable bonds is 0. The molecule has 0 bridgehead atoms. The van der Waals surface area contributed by atoms with E-state index in [2.05, 4.69) is 0 Å². The van der Waals surface area contributed by atoms with Gasteiger partial charge in [-0.25, -0.2) is 0 Å². The van der Waals surface area contributed by atoms with Crippen LogP contribution in [0.3, 0.4) is 0 Å². The maximum atomic E-state index is 11.6. The Morgan fingerprint density at radius 1 is 1.00 bits per heavy atom. The quantitative estimate of drug-likeness (QED) is 0.491. The third kappa shape index (κ3) is 1.02. The lowest BCUT2D eigenvalue weighted by molar-refractivity contribution is -0.149. The molecule has 1 aliphatic carbocycles. The molecule has 2 unspecified atom stereocenters. The Hall–Kier alpha value is -0.290. The van der Waals surface area contributed by atoms with Crippen LogP contribution in [0.5, 0.6) is 0 Å². The van der Waals surface area contributed by atoms with E-state index in [4.69, 9.17) is 11.5 Å². The molecule has 1 rings (SSSR count). The fourth-order valence-corrected chi connectivity index (χ4v) is 0.796.